The Morgan fingerprint density at radius 1 is 1.17 bits per heavy atom. The van der Waals surface area contributed by atoms with Crippen molar-refractivity contribution < 1.29 is 37.8 Å². The third kappa shape index (κ3) is 4.74. The monoisotopic (exact) mass is 428 g/mol. The van der Waals surface area contributed by atoms with Crippen LogP contribution in [-0.4, -0.2) is 45.0 Å². The van der Waals surface area contributed by atoms with Crippen molar-refractivity contribution in [3.8, 4) is 0 Å². The van der Waals surface area contributed by atoms with E-state index in [1.807, 2.05) is 0 Å². The Kier molecular flexibility index (Phi) is 6.79. The van der Waals surface area contributed by atoms with Gasteiger partial charge in [0.2, 0.25) is 0 Å². The van der Waals surface area contributed by atoms with E-state index in [0.717, 1.165) is 12.1 Å². The van der Waals surface area contributed by atoms with E-state index in [0.29, 0.717) is 18.4 Å². The summed E-state index contributed by atoms with van der Waals surface area (Å²) in [7, 11) is 0. The molecule has 0 fully saturated rings. The number of carbonyl (C=O) groups is 3. The minimum Gasteiger partial charge on any atom is -0.511 e. The molecular formula is C20H23F3N2O5. The summed E-state index contributed by atoms with van der Waals surface area (Å²) < 4.78 is 38.4. The minimum atomic E-state index is -4.49. The van der Waals surface area contributed by atoms with E-state index in [1.54, 1.807) is 13.8 Å². The first-order chi connectivity index (χ1) is 13.9. The lowest BCUT2D eigenvalue weighted by Gasteiger charge is -2.46. The summed E-state index contributed by atoms with van der Waals surface area (Å²) >= 11 is 0. The van der Waals surface area contributed by atoms with Gasteiger partial charge >= 0.3 is 12.1 Å². The Balaban J connectivity index is 2.38. The number of nitrogens with zero attached hydrogens (tertiary/aromatic N) is 1. The molecule has 7 nitrogen and oxygen atoms in total. The van der Waals surface area contributed by atoms with E-state index in [9.17, 15) is 32.7 Å². The number of aliphatic carboxylic acids is 1. The minimum absolute atomic E-state index is 0.0256. The second-order valence-corrected chi connectivity index (χ2v) is 7.09. The van der Waals surface area contributed by atoms with Crippen molar-refractivity contribution in [3.63, 3.8) is 0 Å². The van der Waals surface area contributed by atoms with Crippen LogP contribution in [-0.2, 0) is 27.1 Å². The molecule has 0 saturated heterocycles. The number of nitrogens with one attached hydrogen (secondary N) is 1. The third-order valence-electron chi connectivity index (χ3n) is 5.38. The van der Waals surface area contributed by atoms with Gasteiger partial charge in [-0.2, -0.15) is 13.2 Å². The van der Waals surface area contributed by atoms with Gasteiger partial charge in [-0.25, -0.2) is 0 Å². The van der Waals surface area contributed by atoms with Crippen molar-refractivity contribution >= 4 is 17.8 Å². The molecule has 0 aromatic heterocycles. The highest BCUT2D eigenvalue weighted by molar-refractivity contribution is 6.19. The molecule has 2 rings (SSSR count). The van der Waals surface area contributed by atoms with E-state index in [-0.39, 0.29) is 13.0 Å². The second kappa shape index (κ2) is 8.76. The standard InChI is InChI=1S/C20H23F3N2O5/c1-3-19(4-2)9-14(26)16(17(29)24-10-15(27)28)18(30)25(19)11-12-5-7-13(8-6-12)20(21,22)23/h5-8,26H,3-4,9-11H2,1-2H3,(H,24,29)(H,27,28). The lowest BCUT2D eigenvalue weighted by atomic mass is 9.81. The summed E-state index contributed by atoms with van der Waals surface area (Å²) in [6.45, 7) is 2.81. The Morgan fingerprint density at radius 2 is 1.73 bits per heavy atom. The number of benzene rings is 1. The van der Waals surface area contributed by atoms with Gasteiger partial charge in [-0.1, -0.05) is 26.0 Å². The van der Waals surface area contributed by atoms with Crippen LogP contribution in [0, 0.1) is 0 Å². The molecule has 0 atom stereocenters. The Labute approximate surface area is 171 Å². The molecule has 30 heavy (non-hydrogen) atoms. The molecule has 3 N–H and O–H groups in total. The first-order valence-electron chi connectivity index (χ1n) is 9.35. The number of carbonyl (C=O) groups excluding carboxylic acids is 2. The molecule has 1 aliphatic heterocycles. The number of aliphatic hydroxyl groups excluding tert-OH is 1. The van der Waals surface area contributed by atoms with Crippen molar-refractivity contribution in [3.05, 3.63) is 46.7 Å². The molecule has 1 heterocycles. The van der Waals surface area contributed by atoms with Gasteiger partial charge in [0.25, 0.3) is 11.8 Å². The highest BCUT2D eigenvalue weighted by Gasteiger charge is 2.46. The number of carboxylic acids is 1. The van der Waals surface area contributed by atoms with E-state index >= 15 is 0 Å². The average molecular weight is 428 g/mol. The predicted octanol–water partition coefficient (Wildman–Crippen LogP) is 3.01. The quantitative estimate of drug-likeness (QED) is 0.579. The third-order valence-corrected chi connectivity index (χ3v) is 5.38. The van der Waals surface area contributed by atoms with Crippen molar-refractivity contribution in [1.82, 2.24) is 10.2 Å². The van der Waals surface area contributed by atoms with Gasteiger partial charge in [-0.15, -0.1) is 0 Å². The van der Waals surface area contributed by atoms with Gasteiger partial charge in [0.1, 0.15) is 17.9 Å². The number of hydrogen-bond donors (Lipinski definition) is 3. The first kappa shape index (κ1) is 23.2. The van der Waals surface area contributed by atoms with Crippen LogP contribution >= 0.6 is 0 Å². The second-order valence-electron chi connectivity index (χ2n) is 7.09. The summed E-state index contributed by atoms with van der Waals surface area (Å²) in [5.74, 6) is -3.57. The van der Waals surface area contributed by atoms with Crippen LogP contribution in [0.2, 0.25) is 0 Å². The van der Waals surface area contributed by atoms with Crippen molar-refractivity contribution in [1.29, 1.82) is 0 Å². The molecule has 1 aromatic carbocycles. The molecule has 10 heteroatoms. The molecule has 0 saturated carbocycles. The smallest absolute Gasteiger partial charge is 0.416 e. The number of hydrogen-bond acceptors (Lipinski definition) is 4. The Morgan fingerprint density at radius 3 is 2.20 bits per heavy atom. The summed E-state index contributed by atoms with van der Waals surface area (Å²) in [5.41, 5.74) is -1.78. The van der Waals surface area contributed by atoms with Crippen molar-refractivity contribution in [2.24, 2.45) is 0 Å². The molecule has 164 valence electrons. The molecule has 0 radical (unpaired) electrons. The van der Waals surface area contributed by atoms with Gasteiger partial charge < -0.3 is 20.4 Å². The largest absolute Gasteiger partial charge is 0.511 e. The fourth-order valence-electron chi connectivity index (χ4n) is 3.54. The lowest BCUT2D eigenvalue weighted by Crippen LogP contribution is -2.56. The van der Waals surface area contributed by atoms with Gasteiger partial charge in [0.15, 0.2) is 0 Å². The fraction of sp³-hybridized carbons (Fsp3) is 0.450. The highest BCUT2D eigenvalue weighted by atomic mass is 19.4. The van der Waals surface area contributed by atoms with E-state index < -0.39 is 52.9 Å². The number of halogens is 3. The Bertz CT molecular complexity index is 858. The van der Waals surface area contributed by atoms with Crippen molar-refractivity contribution in [2.75, 3.05) is 6.54 Å². The van der Waals surface area contributed by atoms with Crippen LogP contribution in [0.5, 0.6) is 0 Å². The van der Waals surface area contributed by atoms with E-state index in [1.165, 1.54) is 17.0 Å². The van der Waals surface area contributed by atoms with Crippen LogP contribution in [0.15, 0.2) is 35.6 Å². The van der Waals surface area contributed by atoms with Gasteiger partial charge in [-0.3, -0.25) is 14.4 Å². The number of carboxylic acid groups (broad SMARTS) is 1. The first-order valence-corrected chi connectivity index (χ1v) is 9.35. The summed E-state index contributed by atoms with van der Waals surface area (Å²) in [5, 5.41) is 21.1. The average Bonchev–Trinajstić information content (AvgIpc) is 2.68. The maximum Gasteiger partial charge on any atom is 0.416 e. The fourth-order valence-corrected chi connectivity index (χ4v) is 3.54. The van der Waals surface area contributed by atoms with Gasteiger partial charge in [-0.05, 0) is 30.5 Å². The van der Waals surface area contributed by atoms with Crippen LogP contribution in [0.1, 0.15) is 44.2 Å². The molecule has 0 aliphatic carbocycles. The molecule has 0 spiro atoms. The highest BCUT2D eigenvalue weighted by Crippen LogP contribution is 2.38. The van der Waals surface area contributed by atoms with Crippen LogP contribution in [0.25, 0.3) is 0 Å². The number of amides is 2. The maximum atomic E-state index is 13.1. The zero-order chi connectivity index (χ0) is 22.7. The molecular weight excluding hydrogens is 405 g/mol. The maximum absolute atomic E-state index is 13.1. The van der Waals surface area contributed by atoms with Crippen LogP contribution < -0.4 is 5.32 Å². The predicted molar refractivity (Wildman–Crippen MR) is 100 cm³/mol. The lowest BCUT2D eigenvalue weighted by molar-refractivity contribution is -0.142. The zero-order valence-corrected chi connectivity index (χ0v) is 16.5. The van der Waals surface area contributed by atoms with Crippen molar-refractivity contribution in [2.45, 2.75) is 51.4 Å². The normalized spacial score (nSPS) is 16.6. The van der Waals surface area contributed by atoms with Gasteiger partial charge in [0, 0.05) is 13.0 Å². The number of alkyl halides is 3. The molecule has 0 bridgehead atoms. The van der Waals surface area contributed by atoms with E-state index in [4.69, 9.17) is 5.11 Å². The van der Waals surface area contributed by atoms with Crippen LogP contribution in [0.3, 0.4) is 0 Å². The summed E-state index contributed by atoms with van der Waals surface area (Å²) in [4.78, 5) is 37.5. The number of rotatable bonds is 7. The SMILES string of the molecule is CCC1(CC)CC(O)=C(C(=O)NCC(=O)O)C(=O)N1Cc1ccc(C(F)(F)F)cc1. The molecule has 2 amide bonds. The van der Waals surface area contributed by atoms with Gasteiger partial charge in [0.05, 0.1) is 11.1 Å². The van der Waals surface area contributed by atoms with Crippen LogP contribution in [0.4, 0.5) is 13.2 Å². The molecule has 0 unspecified atom stereocenters. The van der Waals surface area contributed by atoms with E-state index in [2.05, 4.69) is 5.32 Å². The topological polar surface area (TPSA) is 107 Å². The molecule has 1 aromatic rings. The Hall–Kier alpha value is -3.04. The number of aliphatic hydroxyl groups is 1. The summed E-state index contributed by atoms with van der Waals surface area (Å²) in [6, 6.07) is 4.34. The summed E-state index contributed by atoms with van der Waals surface area (Å²) in [6.07, 6.45) is -3.64. The molecule has 1 aliphatic rings. The zero-order valence-electron chi connectivity index (χ0n) is 16.5.